The van der Waals surface area contributed by atoms with Gasteiger partial charge in [0.25, 0.3) is 0 Å². The number of rotatable bonds is 2. The van der Waals surface area contributed by atoms with Crippen molar-refractivity contribution >= 4 is 6.34 Å². The molecular formula is C10H12N2O. The Bertz CT molecular complexity index is 284. The second-order valence-electron chi connectivity index (χ2n) is 2.96. The molecule has 2 rings (SSSR count). The van der Waals surface area contributed by atoms with Crippen LogP contribution in [0.25, 0.3) is 0 Å². The van der Waals surface area contributed by atoms with Crippen molar-refractivity contribution in [3.8, 4) is 5.75 Å². The van der Waals surface area contributed by atoms with E-state index in [-0.39, 0.29) is 6.10 Å². The number of nitrogens with zero attached hydrogens (tertiary/aromatic N) is 1. The van der Waals surface area contributed by atoms with E-state index in [1.165, 1.54) is 0 Å². The maximum atomic E-state index is 5.68. The SMILES string of the molecule is C1=NCC(Oc2ccccc2)CN1. The average Bonchev–Trinajstić information content (AvgIpc) is 2.21. The van der Waals surface area contributed by atoms with E-state index < -0.39 is 0 Å². The summed E-state index contributed by atoms with van der Waals surface area (Å²) in [5, 5.41) is 3.04. The van der Waals surface area contributed by atoms with Crippen LogP contribution in [0.4, 0.5) is 0 Å². The molecule has 0 bridgehead atoms. The lowest BCUT2D eigenvalue weighted by Crippen LogP contribution is -2.36. The van der Waals surface area contributed by atoms with E-state index in [2.05, 4.69) is 10.3 Å². The van der Waals surface area contributed by atoms with Gasteiger partial charge in [-0.05, 0) is 12.1 Å². The number of hydrogen-bond acceptors (Lipinski definition) is 3. The van der Waals surface area contributed by atoms with E-state index in [1.807, 2.05) is 30.3 Å². The van der Waals surface area contributed by atoms with Gasteiger partial charge in [-0.25, -0.2) is 0 Å². The summed E-state index contributed by atoms with van der Waals surface area (Å²) in [4.78, 5) is 4.09. The Morgan fingerprint density at radius 3 is 2.85 bits per heavy atom. The summed E-state index contributed by atoms with van der Waals surface area (Å²) in [6, 6.07) is 9.82. The number of hydrogen-bond donors (Lipinski definition) is 1. The number of para-hydroxylation sites is 1. The highest BCUT2D eigenvalue weighted by molar-refractivity contribution is 5.55. The lowest BCUT2D eigenvalue weighted by Gasteiger charge is -2.19. The predicted molar refractivity (Wildman–Crippen MR) is 52.2 cm³/mol. The Morgan fingerprint density at radius 1 is 1.31 bits per heavy atom. The number of nitrogens with one attached hydrogen (secondary N) is 1. The van der Waals surface area contributed by atoms with Gasteiger partial charge in [-0.15, -0.1) is 0 Å². The molecule has 0 fully saturated rings. The van der Waals surface area contributed by atoms with Crippen LogP contribution < -0.4 is 10.1 Å². The third kappa shape index (κ3) is 2.21. The van der Waals surface area contributed by atoms with Crippen LogP contribution in [0.3, 0.4) is 0 Å². The molecular weight excluding hydrogens is 164 g/mol. The summed E-state index contributed by atoms with van der Waals surface area (Å²) in [6.07, 6.45) is 1.89. The van der Waals surface area contributed by atoms with Gasteiger partial charge in [0.15, 0.2) is 0 Å². The quantitative estimate of drug-likeness (QED) is 0.731. The fourth-order valence-electron chi connectivity index (χ4n) is 1.25. The van der Waals surface area contributed by atoms with Crippen LogP contribution in [0.5, 0.6) is 5.75 Å². The van der Waals surface area contributed by atoms with Gasteiger partial charge in [0.2, 0.25) is 0 Å². The Hall–Kier alpha value is -1.51. The highest BCUT2D eigenvalue weighted by Gasteiger charge is 2.10. The Labute approximate surface area is 77.4 Å². The van der Waals surface area contributed by atoms with Crippen molar-refractivity contribution in [3.05, 3.63) is 30.3 Å². The molecule has 1 aromatic rings. The van der Waals surface area contributed by atoms with E-state index in [1.54, 1.807) is 6.34 Å². The Kier molecular flexibility index (Phi) is 2.45. The second kappa shape index (κ2) is 3.94. The lowest BCUT2D eigenvalue weighted by molar-refractivity contribution is 0.208. The number of aliphatic imine (C=N–C) groups is 1. The summed E-state index contributed by atoms with van der Waals surface area (Å²) >= 11 is 0. The molecule has 1 N–H and O–H groups in total. The van der Waals surface area contributed by atoms with E-state index in [4.69, 9.17) is 4.74 Å². The molecule has 0 radical (unpaired) electrons. The first kappa shape index (κ1) is 8.10. The molecule has 0 aromatic heterocycles. The first-order valence-electron chi connectivity index (χ1n) is 4.38. The molecule has 1 aliphatic heterocycles. The largest absolute Gasteiger partial charge is 0.487 e. The Balaban J connectivity index is 1.94. The van der Waals surface area contributed by atoms with E-state index in [0.29, 0.717) is 0 Å². The third-order valence-electron chi connectivity index (χ3n) is 1.88. The highest BCUT2D eigenvalue weighted by atomic mass is 16.5. The summed E-state index contributed by atoms with van der Waals surface area (Å²) in [5.41, 5.74) is 0. The summed E-state index contributed by atoms with van der Waals surface area (Å²) in [5.74, 6) is 0.909. The summed E-state index contributed by atoms with van der Waals surface area (Å²) in [7, 11) is 0. The van der Waals surface area contributed by atoms with Gasteiger partial charge < -0.3 is 10.1 Å². The second-order valence-corrected chi connectivity index (χ2v) is 2.96. The van der Waals surface area contributed by atoms with E-state index in [9.17, 15) is 0 Å². The minimum absolute atomic E-state index is 0.160. The zero-order valence-electron chi connectivity index (χ0n) is 7.31. The van der Waals surface area contributed by atoms with E-state index in [0.717, 1.165) is 18.8 Å². The first-order chi connectivity index (χ1) is 6.45. The molecule has 0 aliphatic carbocycles. The normalized spacial score (nSPS) is 20.8. The fraction of sp³-hybridized carbons (Fsp3) is 0.300. The van der Waals surface area contributed by atoms with Crippen molar-refractivity contribution < 1.29 is 4.74 Å². The molecule has 13 heavy (non-hydrogen) atoms. The maximum Gasteiger partial charge on any atom is 0.135 e. The van der Waals surface area contributed by atoms with Gasteiger partial charge in [0, 0.05) is 0 Å². The molecule has 0 amide bonds. The Morgan fingerprint density at radius 2 is 2.15 bits per heavy atom. The molecule has 68 valence electrons. The van der Waals surface area contributed by atoms with Gasteiger partial charge in [-0.1, -0.05) is 18.2 Å². The topological polar surface area (TPSA) is 33.6 Å². The van der Waals surface area contributed by atoms with Crippen molar-refractivity contribution in [2.45, 2.75) is 6.10 Å². The van der Waals surface area contributed by atoms with E-state index >= 15 is 0 Å². The van der Waals surface area contributed by atoms with Crippen molar-refractivity contribution in [1.29, 1.82) is 0 Å². The van der Waals surface area contributed by atoms with Crippen LogP contribution in [0, 0.1) is 0 Å². The maximum absolute atomic E-state index is 5.68. The summed E-state index contributed by atoms with van der Waals surface area (Å²) < 4.78 is 5.68. The van der Waals surface area contributed by atoms with Crippen LogP contribution in [-0.2, 0) is 0 Å². The number of benzene rings is 1. The fourth-order valence-corrected chi connectivity index (χ4v) is 1.25. The summed E-state index contributed by atoms with van der Waals surface area (Å²) in [6.45, 7) is 1.57. The predicted octanol–water partition coefficient (Wildman–Crippen LogP) is 1.07. The smallest absolute Gasteiger partial charge is 0.135 e. The van der Waals surface area contributed by atoms with Crippen molar-refractivity contribution in [2.24, 2.45) is 4.99 Å². The molecule has 0 spiro atoms. The number of ether oxygens (including phenoxy) is 1. The average molecular weight is 176 g/mol. The van der Waals surface area contributed by atoms with Crippen LogP contribution in [-0.4, -0.2) is 25.5 Å². The minimum atomic E-state index is 0.160. The van der Waals surface area contributed by atoms with Crippen LogP contribution in [0.1, 0.15) is 0 Å². The first-order valence-corrected chi connectivity index (χ1v) is 4.38. The molecule has 1 unspecified atom stereocenters. The molecule has 1 heterocycles. The van der Waals surface area contributed by atoms with Gasteiger partial charge in [0.1, 0.15) is 11.9 Å². The van der Waals surface area contributed by atoms with Gasteiger partial charge in [-0.3, -0.25) is 4.99 Å². The molecule has 1 atom stereocenters. The standard InChI is InChI=1S/C10H12N2O/c1-2-4-9(5-3-1)13-10-6-11-8-12-7-10/h1-5,8,10H,6-7H2,(H,11,12). The molecule has 3 heteroatoms. The zero-order chi connectivity index (χ0) is 8.93. The van der Waals surface area contributed by atoms with Crippen LogP contribution in [0.15, 0.2) is 35.3 Å². The van der Waals surface area contributed by atoms with Crippen molar-refractivity contribution in [3.63, 3.8) is 0 Å². The van der Waals surface area contributed by atoms with Crippen molar-refractivity contribution in [2.75, 3.05) is 13.1 Å². The van der Waals surface area contributed by atoms with Gasteiger partial charge >= 0.3 is 0 Å². The van der Waals surface area contributed by atoms with Gasteiger partial charge in [0.05, 0.1) is 19.4 Å². The molecule has 1 aromatic carbocycles. The van der Waals surface area contributed by atoms with Crippen molar-refractivity contribution in [1.82, 2.24) is 5.32 Å². The van der Waals surface area contributed by atoms with Gasteiger partial charge in [-0.2, -0.15) is 0 Å². The molecule has 3 nitrogen and oxygen atoms in total. The van der Waals surface area contributed by atoms with Crippen LogP contribution in [0.2, 0.25) is 0 Å². The lowest BCUT2D eigenvalue weighted by atomic mass is 10.3. The molecule has 1 aliphatic rings. The monoisotopic (exact) mass is 176 g/mol. The van der Waals surface area contributed by atoms with Crippen LogP contribution >= 0.6 is 0 Å². The molecule has 0 saturated carbocycles. The highest BCUT2D eigenvalue weighted by Crippen LogP contribution is 2.11. The minimum Gasteiger partial charge on any atom is -0.487 e. The third-order valence-corrected chi connectivity index (χ3v) is 1.88. The molecule has 0 saturated heterocycles. The zero-order valence-corrected chi connectivity index (χ0v) is 7.31.